The third-order valence-electron chi connectivity index (χ3n) is 0.890. The van der Waals surface area contributed by atoms with Crippen molar-refractivity contribution < 1.29 is 28.8 Å². The molecule has 0 heterocycles. The first-order valence-corrected chi connectivity index (χ1v) is 4.24. The first-order valence-electron chi connectivity index (χ1n) is 2.78. The lowest BCUT2D eigenvalue weighted by Gasteiger charge is -2.33. The Morgan fingerprint density at radius 2 is 2.09 bits per heavy atom. The zero-order valence-corrected chi connectivity index (χ0v) is 6.58. The van der Waals surface area contributed by atoms with E-state index < -0.39 is 19.9 Å². The summed E-state index contributed by atoms with van der Waals surface area (Å²) in [4.78, 5) is 29.7. The molecule has 0 N–H and O–H groups in total. The first kappa shape index (κ1) is 10.6. The lowest BCUT2D eigenvalue weighted by Crippen LogP contribution is -2.38. The number of phosphoric acid groups is 1. The van der Waals surface area contributed by atoms with Crippen LogP contribution in [0.25, 0.3) is 0 Å². The monoisotopic (exact) mass is 181 g/mol. The van der Waals surface area contributed by atoms with Crippen molar-refractivity contribution in [2.24, 2.45) is 0 Å². The molecule has 11 heavy (non-hydrogen) atoms. The van der Waals surface area contributed by atoms with Gasteiger partial charge in [0.1, 0.15) is 6.10 Å². The molecule has 0 saturated heterocycles. The van der Waals surface area contributed by atoms with E-state index in [-0.39, 0.29) is 6.42 Å². The Bertz CT molecular complexity index is 183. The van der Waals surface area contributed by atoms with Gasteiger partial charge in [0.05, 0.1) is 13.8 Å². The molecular formula is C4H6O6P-3. The van der Waals surface area contributed by atoms with Crippen LogP contribution in [0.2, 0.25) is 0 Å². The number of aliphatic carboxylic acids is 1. The number of hydrogen-bond donors (Lipinski definition) is 0. The van der Waals surface area contributed by atoms with Gasteiger partial charge in [-0.15, -0.1) is 0 Å². The standard InChI is InChI=1S/C4H9O6P/c1-2-3(4(5)6)10-11(7,8)9/h3H,2H2,1H3,(H,5,6)(H2,7,8,9)/p-3. The van der Waals surface area contributed by atoms with E-state index >= 15 is 0 Å². The van der Waals surface area contributed by atoms with Crippen molar-refractivity contribution in [3.63, 3.8) is 0 Å². The minimum atomic E-state index is -5.21. The van der Waals surface area contributed by atoms with Gasteiger partial charge in [-0.05, 0) is 6.42 Å². The molecule has 0 aromatic carbocycles. The Morgan fingerprint density at radius 1 is 1.64 bits per heavy atom. The maximum absolute atomic E-state index is 9.97. The van der Waals surface area contributed by atoms with E-state index in [9.17, 15) is 24.3 Å². The van der Waals surface area contributed by atoms with Crippen molar-refractivity contribution in [2.75, 3.05) is 0 Å². The van der Waals surface area contributed by atoms with E-state index in [4.69, 9.17) is 0 Å². The molecular weight excluding hydrogens is 175 g/mol. The summed E-state index contributed by atoms with van der Waals surface area (Å²) in [5, 5.41) is 9.97. The van der Waals surface area contributed by atoms with Crippen LogP contribution in [0.5, 0.6) is 0 Å². The SMILES string of the molecule is CCC(OP(=O)([O-])[O-])C(=O)[O-]. The molecule has 0 aliphatic carbocycles. The first-order chi connectivity index (χ1) is 4.87. The molecule has 0 aromatic heterocycles. The highest BCUT2D eigenvalue weighted by Crippen LogP contribution is 2.27. The minimum Gasteiger partial charge on any atom is -0.790 e. The number of carbonyl (C=O) groups is 1. The topological polar surface area (TPSA) is 113 Å². The predicted octanol–water partition coefficient (Wildman–Crippen LogP) is -2.64. The molecule has 1 atom stereocenters. The van der Waals surface area contributed by atoms with Crippen molar-refractivity contribution in [3.05, 3.63) is 0 Å². The highest BCUT2D eigenvalue weighted by molar-refractivity contribution is 7.43. The van der Waals surface area contributed by atoms with Gasteiger partial charge in [-0.3, -0.25) is 0 Å². The Morgan fingerprint density at radius 3 is 2.18 bits per heavy atom. The number of rotatable bonds is 4. The minimum absolute atomic E-state index is 0.128. The van der Waals surface area contributed by atoms with E-state index in [0.29, 0.717) is 0 Å². The molecule has 0 rings (SSSR count). The van der Waals surface area contributed by atoms with Crippen molar-refractivity contribution in [2.45, 2.75) is 19.4 Å². The van der Waals surface area contributed by atoms with Gasteiger partial charge >= 0.3 is 0 Å². The number of phosphoric ester groups is 1. The van der Waals surface area contributed by atoms with Crippen molar-refractivity contribution >= 4 is 13.8 Å². The van der Waals surface area contributed by atoms with Gasteiger partial charge in [0.25, 0.3) is 0 Å². The molecule has 0 aromatic rings. The molecule has 7 heteroatoms. The summed E-state index contributed by atoms with van der Waals surface area (Å²) in [7, 11) is -5.21. The molecule has 6 nitrogen and oxygen atoms in total. The fourth-order valence-corrected chi connectivity index (χ4v) is 0.987. The van der Waals surface area contributed by atoms with Crippen molar-refractivity contribution in [1.82, 2.24) is 0 Å². The smallest absolute Gasteiger partial charge is 0.102 e. The van der Waals surface area contributed by atoms with Gasteiger partial charge in [-0.2, -0.15) is 0 Å². The number of carboxylic acids is 1. The fourth-order valence-electron chi connectivity index (χ4n) is 0.440. The highest BCUT2D eigenvalue weighted by Gasteiger charge is 2.08. The summed E-state index contributed by atoms with van der Waals surface area (Å²) >= 11 is 0. The number of carboxylic acid groups (broad SMARTS) is 1. The zero-order chi connectivity index (χ0) is 9.07. The van der Waals surface area contributed by atoms with E-state index in [2.05, 4.69) is 4.52 Å². The average Bonchev–Trinajstić information content (AvgIpc) is 1.80. The van der Waals surface area contributed by atoms with Crippen LogP contribution in [0.15, 0.2) is 0 Å². The van der Waals surface area contributed by atoms with Crippen LogP contribution in [0, 0.1) is 0 Å². The number of hydrogen-bond acceptors (Lipinski definition) is 6. The van der Waals surface area contributed by atoms with E-state index in [1.807, 2.05) is 0 Å². The zero-order valence-electron chi connectivity index (χ0n) is 5.68. The summed E-state index contributed by atoms with van der Waals surface area (Å²) in [5.41, 5.74) is 0. The third kappa shape index (κ3) is 4.92. The second kappa shape index (κ2) is 3.82. The van der Waals surface area contributed by atoms with Crippen LogP contribution in [0.1, 0.15) is 13.3 Å². The van der Waals surface area contributed by atoms with Gasteiger partial charge < -0.3 is 28.8 Å². The van der Waals surface area contributed by atoms with Gasteiger partial charge in [-0.25, -0.2) is 0 Å². The van der Waals surface area contributed by atoms with E-state index in [0.717, 1.165) is 0 Å². The molecule has 0 saturated carbocycles. The molecule has 0 fully saturated rings. The molecule has 66 valence electrons. The quantitative estimate of drug-likeness (QED) is 0.438. The summed E-state index contributed by atoms with van der Waals surface area (Å²) in [6.07, 6.45) is -1.80. The van der Waals surface area contributed by atoms with Crippen molar-refractivity contribution in [1.29, 1.82) is 0 Å². The Hall–Kier alpha value is -0.420. The van der Waals surface area contributed by atoms with E-state index in [1.165, 1.54) is 6.92 Å². The molecule has 0 aliphatic heterocycles. The third-order valence-corrected chi connectivity index (χ3v) is 1.40. The van der Waals surface area contributed by atoms with Crippen LogP contribution in [-0.4, -0.2) is 12.1 Å². The van der Waals surface area contributed by atoms with Crippen LogP contribution < -0.4 is 14.9 Å². The summed E-state index contributed by atoms with van der Waals surface area (Å²) in [6.45, 7) is 1.36. The lowest BCUT2D eigenvalue weighted by molar-refractivity contribution is -0.353. The fraction of sp³-hybridized carbons (Fsp3) is 0.750. The second-order valence-electron chi connectivity index (χ2n) is 1.77. The highest BCUT2D eigenvalue weighted by atomic mass is 31.2. The number of carbonyl (C=O) groups excluding carboxylic acids is 1. The van der Waals surface area contributed by atoms with E-state index in [1.54, 1.807) is 0 Å². The Balaban J connectivity index is 4.10. The average molecular weight is 181 g/mol. The normalized spacial score (nSPS) is 14.5. The second-order valence-corrected chi connectivity index (χ2v) is 2.87. The van der Waals surface area contributed by atoms with Gasteiger partial charge in [0.15, 0.2) is 0 Å². The molecule has 0 amide bonds. The molecule has 0 bridgehead atoms. The summed E-state index contributed by atoms with van der Waals surface area (Å²) in [6, 6.07) is 0. The summed E-state index contributed by atoms with van der Waals surface area (Å²) in [5.74, 6) is -1.71. The molecule has 1 unspecified atom stereocenters. The predicted molar refractivity (Wildman–Crippen MR) is 27.8 cm³/mol. The van der Waals surface area contributed by atoms with Crippen LogP contribution in [0.4, 0.5) is 0 Å². The Labute approximate surface area is 63.0 Å². The summed E-state index contributed by atoms with van der Waals surface area (Å²) < 4.78 is 13.5. The Kier molecular flexibility index (Phi) is 3.68. The molecule has 0 radical (unpaired) electrons. The molecule has 0 spiro atoms. The van der Waals surface area contributed by atoms with Gasteiger partial charge in [0.2, 0.25) is 0 Å². The maximum Gasteiger partial charge on any atom is 0.102 e. The van der Waals surface area contributed by atoms with Crippen LogP contribution >= 0.6 is 7.82 Å². The van der Waals surface area contributed by atoms with Crippen LogP contribution in [0.3, 0.4) is 0 Å². The maximum atomic E-state index is 9.97. The lowest BCUT2D eigenvalue weighted by atomic mass is 10.3. The molecule has 0 aliphatic rings. The van der Waals surface area contributed by atoms with Crippen molar-refractivity contribution in [3.8, 4) is 0 Å². The van der Waals surface area contributed by atoms with Crippen LogP contribution in [-0.2, 0) is 13.9 Å². The van der Waals surface area contributed by atoms with Gasteiger partial charge in [0, 0.05) is 0 Å². The largest absolute Gasteiger partial charge is 0.790 e. The van der Waals surface area contributed by atoms with Gasteiger partial charge in [-0.1, -0.05) is 6.92 Å².